The Hall–Kier alpha value is -3.06. The number of aromatic nitrogens is 2. The highest BCUT2D eigenvalue weighted by molar-refractivity contribution is 7.18. The van der Waals surface area contributed by atoms with E-state index in [0.29, 0.717) is 17.8 Å². The molecular weight excluding hydrogens is 353 g/mol. The third kappa shape index (κ3) is 3.21. The molecule has 0 bridgehead atoms. The molecule has 7 heteroatoms. The van der Waals surface area contributed by atoms with Gasteiger partial charge in [0.2, 0.25) is 5.76 Å². The molecule has 0 aliphatic carbocycles. The zero-order chi connectivity index (χ0) is 18.1. The van der Waals surface area contributed by atoms with Crippen LogP contribution in [0.1, 0.15) is 15.6 Å². The van der Waals surface area contributed by atoms with Crippen molar-refractivity contribution in [2.24, 2.45) is 0 Å². The number of rotatable bonds is 4. The van der Waals surface area contributed by atoms with Crippen LogP contribution >= 0.6 is 11.3 Å². The predicted octanol–water partition coefficient (Wildman–Crippen LogP) is 4.36. The molecule has 2 aromatic heterocycles. The summed E-state index contributed by atoms with van der Waals surface area (Å²) in [4.78, 5) is 18.6. The fourth-order valence-corrected chi connectivity index (χ4v) is 3.63. The summed E-state index contributed by atoms with van der Waals surface area (Å²) in [5.74, 6) is -0.571. The second-order valence-electron chi connectivity index (χ2n) is 5.82. The van der Waals surface area contributed by atoms with Crippen LogP contribution in [0.3, 0.4) is 0 Å². The van der Waals surface area contributed by atoms with E-state index >= 15 is 0 Å². The van der Waals surface area contributed by atoms with Gasteiger partial charge in [-0.05, 0) is 24.3 Å². The van der Waals surface area contributed by atoms with Gasteiger partial charge in [0.15, 0.2) is 0 Å². The first-order chi connectivity index (χ1) is 12.6. The Labute approximate surface area is 152 Å². The summed E-state index contributed by atoms with van der Waals surface area (Å²) in [5.41, 5.74) is 1.89. The Morgan fingerprint density at radius 3 is 2.85 bits per heavy atom. The summed E-state index contributed by atoms with van der Waals surface area (Å²) in [6.45, 7) is 0.369. The first kappa shape index (κ1) is 16.4. The van der Waals surface area contributed by atoms with Crippen LogP contribution in [0, 0.1) is 5.82 Å². The highest BCUT2D eigenvalue weighted by Crippen LogP contribution is 2.24. The number of hydrogen-bond donors (Lipinski definition) is 0. The molecule has 1 amide bonds. The number of halogens is 1. The summed E-state index contributed by atoms with van der Waals surface area (Å²) in [5, 5.41) is 4.71. The van der Waals surface area contributed by atoms with Crippen LogP contribution in [0.25, 0.3) is 21.5 Å². The third-order valence-electron chi connectivity index (χ3n) is 3.90. The molecule has 0 fully saturated rings. The fraction of sp³-hybridized carbons (Fsp3) is 0.105. The summed E-state index contributed by atoms with van der Waals surface area (Å²) >= 11 is 1.55. The molecule has 130 valence electrons. The topological polar surface area (TPSA) is 59.2 Å². The van der Waals surface area contributed by atoms with Gasteiger partial charge in [0, 0.05) is 18.7 Å². The zero-order valence-electron chi connectivity index (χ0n) is 13.8. The number of benzene rings is 2. The molecule has 2 heterocycles. The lowest BCUT2D eigenvalue weighted by molar-refractivity contribution is 0.0743. The van der Waals surface area contributed by atoms with E-state index in [2.05, 4.69) is 10.1 Å². The van der Waals surface area contributed by atoms with Crippen molar-refractivity contribution in [3.8, 4) is 11.3 Å². The maximum Gasteiger partial charge on any atom is 0.292 e. The number of para-hydroxylation sites is 1. The van der Waals surface area contributed by atoms with Crippen LogP contribution < -0.4 is 0 Å². The second kappa shape index (κ2) is 6.68. The molecule has 0 aliphatic heterocycles. The van der Waals surface area contributed by atoms with E-state index in [1.807, 2.05) is 24.3 Å². The van der Waals surface area contributed by atoms with Crippen LogP contribution in [0.2, 0.25) is 0 Å². The Morgan fingerprint density at radius 1 is 1.19 bits per heavy atom. The smallest absolute Gasteiger partial charge is 0.292 e. The van der Waals surface area contributed by atoms with Crippen molar-refractivity contribution in [1.29, 1.82) is 0 Å². The molecule has 0 aliphatic rings. The average molecular weight is 367 g/mol. The van der Waals surface area contributed by atoms with Crippen LogP contribution in [0.4, 0.5) is 4.39 Å². The van der Waals surface area contributed by atoms with Crippen molar-refractivity contribution < 1.29 is 13.7 Å². The first-order valence-corrected chi connectivity index (χ1v) is 8.74. The normalized spacial score (nSPS) is 11.0. The number of nitrogens with zero attached hydrogens (tertiary/aromatic N) is 3. The number of carbonyl (C=O) groups excluding carboxylic acids is 1. The molecule has 0 spiro atoms. The van der Waals surface area contributed by atoms with Crippen molar-refractivity contribution >= 4 is 27.5 Å². The van der Waals surface area contributed by atoms with E-state index in [4.69, 9.17) is 4.52 Å². The Balaban J connectivity index is 1.51. The quantitative estimate of drug-likeness (QED) is 0.538. The second-order valence-corrected chi connectivity index (χ2v) is 6.94. The van der Waals surface area contributed by atoms with Gasteiger partial charge in [0.25, 0.3) is 5.91 Å². The fourth-order valence-electron chi connectivity index (χ4n) is 2.61. The lowest BCUT2D eigenvalue weighted by Gasteiger charge is -2.12. The van der Waals surface area contributed by atoms with Crippen molar-refractivity contribution in [1.82, 2.24) is 15.0 Å². The molecule has 2 aromatic carbocycles. The van der Waals surface area contributed by atoms with E-state index < -0.39 is 0 Å². The van der Waals surface area contributed by atoms with Crippen LogP contribution in [-0.2, 0) is 6.54 Å². The minimum Gasteiger partial charge on any atom is -0.350 e. The molecule has 5 nitrogen and oxygen atoms in total. The first-order valence-electron chi connectivity index (χ1n) is 7.93. The Morgan fingerprint density at radius 2 is 2.04 bits per heavy atom. The maximum atomic E-state index is 13.3. The van der Waals surface area contributed by atoms with Crippen molar-refractivity contribution in [2.75, 3.05) is 7.05 Å². The Kier molecular flexibility index (Phi) is 4.22. The van der Waals surface area contributed by atoms with Gasteiger partial charge in [0.05, 0.1) is 16.8 Å². The van der Waals surface area contributed by atoms with Gasteiger partial charge in [-0.3, -0.25) is 4.79 Å². The number of fused-ring (bicyclic) bond motifs is 1. The maximum absolute atomic E-state index is 13.3. The molecule has 4 rings (SSSR count). The van der Waals surface area contributed by atoms with Crippen LogP contribution in [0.5, 0.6) is 0 Å². The summed E-state index contributed by atoms with van der Waals surface area (Å²) in [7, 11) is 1.68. The molecular formula is C19H14FN3O2S. The van der Waals surface area contributed by atoms with Gasteiger partial charge in [-0.2, -0.15) is 0 Å². The average Bonchev–Trinajstić information content (AvgIpc) is 3.27. The highest BCUT2D eigenvalue weighted by atomic mass is 32.1. The summed E-state index contributed by atoms with van der Waals surface area (Å²) < 4.78 is 19.6. The lowest BCUT2D eigenvalue weighted by atomic mass is 10.1. The van der Waals surface area contributed by atoms with Gasteiger partial charge < -0.3 is 9.42 Å². The molecule has 0 unspecified atom stereocenters. The Bertz CT molecular complexity index is 1060. The van der Waals surface area contributed by atoms with Crippen LogP contribution in [0.15, 0.2) is 59.1 Å². The minimum atomic E-state index is -0.369. The van der Waals surface area contributed by atoms with E-state index in [-0.39, 0.29) is 17.5 Å². The standard InChI is InChI=1S/C19H14FN3O2S/c1-23(11-18-21-14-7-2-3-8-17(14)26-18)19(24)16-10-15(22-25-16)12-5-4-6-13(20)9-12/h2-10H,11H2,1H3. The predicted molar refractivity (Wildman–Crippen MR) is 97.3 cm³/mol. The zero-order valence-corrected chi connectivity index (χ0v) is 14.7. The summed E-state index contributed by atoms with van der Waals surface area (Å²) in [6.07, 6.45) is 0. The number of carbonyl (C=O) groups is 1. The monoisotopic (exact) mass is 367 g/mol. The van der Waals surface area contributed by atoms with E-state index in [0.717, 1.165) is 15.2 Å². The van der Waals surface area contributed by atoms with E-state index in [9.17, 15) is 9.18 Å². The van der Waals surface area contributed by atoms with Crippen LogP contribution in [-0.4, -0.2) is 28.0 Å². The van der Waals surface area contributed by atoms with Gasteiger partial charge in [-0.15, -0.1) is 11.3 Å². The van der Waals surface area contributed by atoms with E-state index in [1.165, 1.54) is 23.1 Å². The molecule has 0 N–H and O–H groups in total. The van der Waals surface area contributed by atoms with Gasteiger partial charge in [-0.1, -0.05) is 29.4 Å². The van der Waals surface area contributed by atoms with Crippen molar-refractivity contribution in [3.05, 3.63) is 71.2 Å². The third-order valence-corrected chi connectivity index (χ3v) is 4.92. The summed E-state index contributed by atoms with van der Waals surface area (Å²) in [6, 6.07) is 15.3. The van der Waals surface area contributed by atoms with Gasteiger partial charge in [-0.25, -0.2) is 9.37 Å². The number of thiazole rings is 1. The molecule has 0 radical (unpaired) electrons. The van der Waals surface area contributed by atoms with Crippen molar-refractivity contribution in [3.63, 3.8) is 0 Å². The molecule has 0 saturated heterocycles. The van der Waals surface area contributed by atoms with Crippen molar-refractivity contribution in [2.45, 2.75) is 6.54 Å². The molecule has 4 aromatic rings. The lowest BCUT2D eigenvalue weighted by Crippen LogP contribution is -2.25. The molecule has 26 heavy (non-hydrogen) atoms. The minimum absolute atomic E-state index is 0.105. The number of amides is 1. The SMILES string of the molecule is CN(Cc1nc2ccccc2s1)C(=O)c1cc(-c2cccc(F)c2)no1. The van der Waals surface area contributed by atoms with Gasteiger partial charge >= 0.3 is 0 Å². The molecule has 0 saturated carbocycles. The highest BCUT2D eigenvalue weighted by Gasteiger charge is 2.19. The largest absolute Gasteiger partial charge is 0.350 e. The molecule has 0 atom stereocenters. The van der Waals surface area contributed by atoms with E-state index in [1.54, 1.807) is 30.5 Å². The van der Waals surface area contributed by atoms with Gasteiger partial charge in [0.1, 0.15) is 16.5 Å². The number of hydrogen-bond acceptors (Lipinski definition) is 5.